The van der Waals surface area contributed by atoms with Gasteiger partial charge < -0.3 is 14.2 Å². The van der Waals surface area contributed by atoms with E-state index in [4.69, 9.17) is 14.2 Å². The lowest BCUT2D eigenvalue weighted by molar-refractivity contribution is -0.167. The summed E-state index contributed by atoms with van der Waals surface area (Å²) in [5, 5.41) is 0. The molecule has 0 N–H and O–H groups in total. The molecule has 0 amide bonds. The zero-order chi connectivity index (χ0) is 55.0. The molecule has 6 heteroatoms. The summed E-state index contributed by atoms with van der Waals surface area (Å²) in [5.41, 5.74) is 0. The van der Waals surface area contributed by atoms with Crippen LogP contribution in [0.5, 0.6) is 0 Å². The van der Waals surface area contributed by atoms with Crippen molar-refractivity contribution in [2.45, 2.75) is 406 Å². The lowest BCUT2D eigenvalue weighted by Crippen LogP contribution is -2.30. The van der Waals surface area contributed by atoms with Crippen LogP contribution in [0.25, 0.3) is 0 Å². The van der Waals surface area contributed by atoms with Gasteiger partial charge in [0.1, 0.15) is 13.2 Å². The topological polar surface area (TPSA) is 78.9 Å². The third-order valence-electron chi connectivity index (χ3n) is 16.0. The molecule has 0 aliphatic heterocycles. The summed E-state index contributed by atoms with van der Waals surface area (Å²) < 4.78 is 16.8. The van der Waals surface area contributed by atoms with Gasteiger partial charge in [0.2, 0.25) is 0 Å². The number of rotatable bonds is 65. The van der Waals surface area contributed by atoms with Crippen LogP contribution in [-0.4, -0.2) is 37.2 Å². The number of allylic oxidation sites excluding steroid dienone is 2. The second kappa shape index (κ2) is 65.7. The maximum Gasteiger partial charge on any atom is 0.306 e. The molecule has 0 fully saturated rings. The molecule has 0 aliphatic carbocycles. The van der Waals surface area contributed by atoms with Crippen molar-refractivity contribution in [2.24, 2.45) is 0 Å². The average Bonchev–Trinajstić information content (AvgIpc) is 3.42. The molecule has 0 heterocycles. The molecule has 0 spiro atoms. The highest BCUT2D eigenvalue weighted by atomic mass is 16.6. The van der Waals surface area contributed by atoms with Gasteiger partial charge in [-0.2, -0.15) is 0 Å². The minimum atomic E-state index is -0.761. The van der Waals surface area contributed by atoms with Crippen molar-refractivity contribution in [3.05, 3.63) is 12.2 Å². The maximum absolute atomic E-state index is 12.8. The predicted octanol–water partition coefficient (Wildman–Crippen LogP) is 23.6. The van der Waals surface area contributed by atoms with E-state index in [2.05, 4.69) is 32.9 Å². The molecular formula is C70H134O6. The summed E-state index contributed by atoms with van der Waals surface area (Å²) in [7, 11) is 0. The average molecular weight is 1070 g/mol. The molecule has 1 atom stereocenters. The van der Waals surface area contributed by atoms with E-state index in [9.17, 15) is 14.4 Å². The standard InChI is InChI=1S/C70H134O6/c1-4-7-10-13-15-17-19-21-23-25-27-28-29-30-31-32-33-34-35-36-37-38-39-40-41-42-43-45-46-48-50-52-54-57-60-63-69(72)75-66-67(65-74-68(71)62-59-56-12-9-6-3)76-70(73)64-61-58-55-53-51-49-47-44-26-24-22-20-18-16-14-11-8-5-2/h25,27,67H,4-24,26,28-66H2,1-3H3/b27-25-. The molecule has 0 bridgehead atoms. The number of hydrogen-bond acceptors (Lipinski definition) is 6. The Kier molecular flexibility index (Phi) is 64.1. The third kappa shape index (κ3) is 63.0. The fourth-order valence-corrected chi connectivity index (χ4v) is 10.8. The highest BCUT2D eigenvalue weighted by molar-refractivity contribution is 5.71. The van der Waals surface area contributed by atoms with Crippen LogP contribution < -0.4 is 0 Å². The molecule has 0 aromatic heterocycles. The molecule has 0 saturated heterocycles. The quantitative estimate of drug-likeness (QED) is 0.0261. The Bertz CT molecular complexity index is 1180. The molecule has 0 aromatic rings. The van der Waals surface area contributed by atoms with Gasteiger partial charge in [0.05, 0.1) is 0 Å². The van der Waals surface area contributed by atoms with Crippen molar-refractivity contribution in [3.63, 3.8) is 0 Å². The van der Waals surface area contributed by atoms with E-state index < -0.39 is 6.10 Å². The zero-order valence-electron chi connectivity index (χ0n) is 51.8. The minimum absolute atomic E-state index is 0.0635. The summed E-state index contributed by atoms with van der Waals surface area (Å²) in [4.78, 5) is 37.9. The van der Waals surface area contributed by atoms with Crippen molar-refractivity contribution in [2.75, 3.05) is 13.2 Å². The van der Waals surface area contributed by atoms with Gasteiger partial charge in [0.25, 0.3) is 0 Å². The molecule has 76 heavy (non-hydrogen) atoms. The summed E-state index contributed by atoms with van der Waals surface area (Å²) >= 11 is 0. The lowest BCUT2D eigenvalue weighted by atomic mass is 10.0. The number of carbonyl (C=O) groups is 3. The Balaban J connectivity index is 3.83. The molecule has 0 aliphatic rings. The van der Waals surface area contributed by atoms with Gasteiger partial charge in [-0.25, -0.2) is 0 Å². The fraction of sp³-hybridized carbons (Fsp3) is 0.929. The number of ether oxygens (including phenoxy) is 3. The highest BCUT2D eigenvalue weighted by Gasteiger charge is 2.19. The Morgan fingerprint density at radius 3 is 0.658 bits per heavy atom. The summed E-state index contributed by atoms with van der Waals surface area (Å²) in [6.07, 6.45) is 78.8. The first-order chi connectivity index (χ1) is 37.5. The van der Waals surface area contributed by atoms with Crippen LogP contribution in [0.4, 0.5) is 0 Å². The second-order valence-electron chi connectivity index (χ2n) is 23.8. The van der Waals surface area contributed by atoms with Crippen LogP contribution in [0.15, 0.2) is 12.2 Å². The van der Waals surface area contributed by atoms with Gasteiger partial charge in [0.15, 0.2) is 6.10 Å². The van der Waals surface area contributed by atoms with Crippen molar-refractivity contribution in [3.8, 4) is 0 Å². The SMILES string of the molecule is CCCCCCCCCC/C=C\CCCCCCCCCCCCCCCCCCCCCCCCCC(=O)OCC(COC(=O)CCCCCCC)OC(=O)CCCCCCCCCCCCCCCCCCCC. The van der Waals surface area contributed by atoms with Crippen LogP contribution >= 0.6 is 0 Å². The van der Waals surface area contributed by atoms with Gasteiger partial charge in [-0.15, -0.1) is 0 Å². The van der Waals surface area contributed by atoms with Crippen LogP contribution in [-0.2, 0) is 28.6 Å². The van der Waals surface area contributed by atoms with Crippen LogP contribution in [0.1, 0.15) is 400 Å². The molecule has 450 valence electrons. The van der Waals surface area contributed by atoms with Gasteiger partial charge in [-0.05, 0) is 44.9 Å². The van der Waals surface area contributed by atoms with Crippen LogP contribution in [0.2, 0.25) is 0 Å². The third-order valence-corrected chi connectivity index (χ3v) is 16.0. The van der Waals surface area contributed by atoms with E-state index in [1.165, 1.54) is 295 Å². The van der Waals surface area contributed by atoms with Gasteiger partial charge in [-0.1, -0.05) is 348 Å². The van der Waals surface area contributed by atoms with E-state index in [1.807, 2.05) is 0 Å². The maximum atomic E-state index is 12.8. The van der Waals surface area contributed by atoms with Gasteiger partial charge in [0, 0.05) is 19.3 Å². The number of hydrogen-bond donors (Lipinski definition) is 0. The van der Waals surface area contributed by atoms with E-state index in [0.29, 0.717) is 19.3 Å². The predicted molar refractivity (Wildman–Crippen MR) is 330 cm³/mol. The normalized spacial score (nSPS) is 12.0. The Labute approximate surface area is 475 Å². The number of unbranched alkanes of at least 4 members (excludes halogenated alkanes) is 52. The monoisotopic (exact) mass is 1070 g/mol. The summed E-state index contributed by atoms with van der Waals surface area (Å²) in [6, 6.07) is 0. The van der Waals surface area contributed by atoms with Crippen molar-refractivity contribution >= 4 is 17.9 Å². The number of carbonyl (C=O) groups excluding carboxylic acids is 3. The van der Waals surface area contributed by atoms with Crippen molar-refractivity contribution in [1.29, 1.82) is 0 Å². The Morgan fingerprint density at radius 2 is 0.434 bits per heavy atom. The van der Waals surface area contributed by atoms with Crippen LogP contribution in [0.3, 0.4) is 0 Å². The Morgan fingerprint density at radius 1 is 0.250 bits per heavy atom. The molecule has 0 aromatic carbocycles. The molecule has 0 saturated carbocycles. The molecule has 1 unspecified atom stereocenters. The van der Waals surface area contributed by atoms with E-state index in [-0.39, 0.29) is 31.1 Å². The second-order valence-corrected chi connectivity index (χ2v) is 23.8. The fourth-order valence-electron chi connectivity index (χ4n) is 10.8. The van der Waals surface area contributed by atoms with Gasteiger partial charge in [-0.3, -0.25) is 14.4 Å². The summed E-state index contributed by atoms with van der Waals surface area (Å²) in [6.45, 7) is 6.63. The van der Waals surface area contributed by atoms with Crippen molar-refractivity contribution in [1.82, 2.24) is 0 Å². The lowest BCUT2D eigenvalue weighted by Gasteiger charge is -2.18. The summed E-state index contributed by atoms with van der Waals surface area (Å²) in [5.74, 6) is -0.849. The largest absolute Gasteiger partial charge is 0.462 e. The first kappa shape index (κ1) is 74.2. The van der Waals surface area contributed by atoms with Crippen molar-refractivity contribution < 1.29 is 28.6 Å². The first-order valence-corrected chi connectivity index (χ1v) is 34.7. The first-order valence-electron chi connectivity index (χ1n) is 34.7. The van der Waals surface area contributed by atoms with Crippen LogP contribution in [0, 0.1) is 0 Å². The smallest absolute Gasteiger partial charge is 0.306 e. The zero-order valence-corrected chi connectivity index (χ0v) is 51.8. The Hall–Kier alpha value is -1.85. The number of esters is 3. The van der Waals surface area contributed by atoms with Gasteiger partial charge >= 0.3 is 17.9 Å². The van der Waals surface area contributed by atoms with E-state index >= 15 is 0 Å². The van der Waals surface area contributed by atoms with E-state index in [0.717, 1.165) is 64.2 Å². The molecular weight excluding hydrogens is 937 g/mol. The minimum Gasteiger partial charge on any atom is -0.462 e. The molecule has 0 radical (unpaired) electrons. The highest BCUT2D eigenvalue weighted by Crippen LogP contribution is 2.19. The van der Waals surface area contributed by atoms with E-state index in [1.54, 1.807) is 0 Å². The molecule has 6 nitrogen and oxygen atoms in total. The molecule has 0 rings (SSSR count).